The van der Waals surface area contributed by atoms with Crippen molar-refractivity contribution in [3.63, 3.8) is 0 Å². The molecule has 1 saturated carbocycles. The predicted molar refractivity (Wildman–Crippen MR) is 69.9 cm³/mol. The monoisotopic (exact) mass is 231 g/mol. The smallest absolute Gasteiger partial charge is 0.149 e. The van der Waals surface area contributed by atoms with Crippen LogP contribution in [0, 0.1) is 6.92 Å². The fourth-order valence-corrected chi connectivity index (χ4v) is 2.60. The third-order valence-electron chi connectivity index (χ3n) is 3.74. The van der Waals surface area contributed by atoms with Gasteiger partial charge < -0.3 is 0 Å². The van der Waals surface area contributed by atoms with E-state index in [4.69, 9.17) is 0 Å². The molecular weight excluding hydrogens is 210 g/mol. The van der Waals surface area contributed by atoms with Gasteiger partial charge in [0.25, 0.3) is 0 Å². The minimum Gasteiger partial charge on any atom is -0.298 e. The summed E-state index contributed by atoms with van der Waals surface area (Å²) in [5.41, 5.74) is 2.64. The number of aryl methyl sites for hydroxylation is 1. The predicted octanol–water partition coefficient (Wildman–Crippen LogP) is 2.94. The van der Waals surface area contributed by atoms with E-state index in [1.54, 1.807) is 0 Å². The van der Waals surface area contributed by atoms with Gasteiger partial charge in [-0.2, -0.15) is 0 Å². The summed E-state index contributed by atoms with van der Waals surface area (Å²) in [5.74, 6) is 0.423. The quantitative estimate of drug-likeness (QED) is 0.797. The van der Waals surface area contributed by atoms with Gasteiger partial charge in [0, 0.05) is 13.0 Å². The van der Waals surface area contributed by atoms with Crippen LogP contribution in [0.1, 0.15) is 36.8 Å². The zero-order chi connectivity index (χ0) is 12.3. The third-order valence-corrected chi connectivity index (χ3v) is 3.74. The number of ketones is 1. The third kappa shape index (κ3) is 2.95. The van der Waals surface area contributed by atoms with E-state index in [0.29, 0.717) is 5.78 Å². The first-order valence-electron chi connectivity index (χ1n) is 6.46. The van der Waals surface area contributed by atoms with Crippen molar-refractivity contribution in [1.82, 2.24) is 4.90 Å². The van der Waals surface area contributed by atoms with E-state index in [-0.39, 0.29) is 6.04 Å². The van der Waals surface area contributed by atoms with Gasteiger partial charge in [-0.1, -0.05) is 30.7 Å². The van der Waals surface area contributed by atoms with E-state index in [1.807, 2.05) is 0 Å². The van der Waals surface area contributed by atoms with Crippen LogP contribution in [0.2, 0.25) is 0 Å². The van der Waals surface area contributed by atoms with Crippen molar-refractivity contribution in [2.45, 2.75) is 45.2 Å². The Labute approximate surface area is 104 Å². The summed E-state index contributed by atoms with van der Waals surface area (Å²) in [7, 11) is 2.07. The van der Waals surface area contributed by atoms with Gasteiger partial charge >= 0.3 is 0 Å². The Balaban J connectivity index is 2.03. The molecule has 0 N–H and O–H groups in total. The molecule has 1 aromatic rings. The van der Waals surface area contributed by atoms with Crippen molar-refractivity contribution in [2.75, 3.05) is 7.05 Å². The average molecular weight is 231 g/mol. The first kappa shape index (κ1) is 12.3. The molecule has 2 rings (SSSR count). The van der Waals surface area contributed by atoms with E-state index in [2.05, 4.69) is 43.1 Å². The zero-order valence-electron chi connectivity index (χ0n) is 10.8. The van der Waals surface area contributed by atoms with Crippen molar-refractivity contribution in [3.05, 3.63) is 35.4 Å². The fourth-order valence-electron chi connectivity index (χ4n) is 2.60. The zero-order valence-corrected chi connectivity index (χ0v) is 10.8. The molecule has 1 aliphatic rings. The molecule has 0 aromatic heterocycles. The lowest BCUT2D eigenvalue weighted by Crippen LogP contribution is -2.40. The molecule has 0 heterocycles. The Hall–Kier alpha value is -1.15. The van der Waals surface area contributed by atoms with Crippen LogP contribution in [0.25, 0.3) is 0 Å². The number of hydrogen-bond donors (Lipinski definition) is 0. The lowest BCUT2D eigenvalue weighted by Gasteiger charge is -2.30. The van der Waals surface area contributed by atoms with Gasteiger partial charge in [-0.05, 0) is 37.9 Å². The second-order valence-electron chi connectivity index (χ2n) is 5.07. The second kappa shape index (κ2) is 5.46. The number of rotatable bonds is 3. The summed E-state index contributed by atoms with van der Waals surface area (Å²) in [6, 6.07) is 8.55. The molecule has 0 spiro atoms. The summed E-state index contributed by atoms with van der Waals surface area (Å²) < 4.78 is 0. The number of carbonyl (C=O) groups excluding carboxylic acids is 1. The molecule has 2 heteroatoms. The molecular formula is C15H21NO. The van der Waals surface area contributed by atoms with Crippen molar-refractivity contribution in [3.8, 4) is 0 Å². The molecule has 92 valence electrons. The van der Waals surface area contributed by atoms with E-state index >= 15 is 0 Å². The number of benzene rings is 1. The maximum atomic E-state index is 11.9. The van der Waals surface area contributed by atoms with Crippen LogP contribution in [-0.4, -0.2) is 23.8 Å². The number of hydrogen-bond acceptors (Lipinski definition) is 2. The standard InChI is InChI=1S/C15H21NO/c1-12-7-3-4-8-13(12)11-16(2)14-9-5-6-10-15(14)17/h3-4,7-8,14H,5-6,9-11H2,1-2H3. The molecule has 0 amide bonds. The Bertz CT molecular complexity index is 400. The highest BCUT2D eigenvalue weighted by molar-refractivity contribution is 5.84. The summed E-state index contributed by atoms with van der Waals surface area (Å²) >= 11 is 0. The number of likely N-dealkylation sites (N-methyl/N-ethyl adjacent to an activating group) is 1. The molecule has 0 aliphatic heterocycles. The Morgan fingerprint density at radius 1 is 1.29 bits per heavy atom. The molecule has 2 nitrogen and oxygen atoms in total. The van der Waals surface area contributed by atoms with Crippen LogP contribution < -0.4 is 0 Å². The van der Waals surface area contributed by atoms with Crippen LogP contribution in [0.4, 0.5) is 0 Å². The molecule has 1 fully saturated rings. The summed E-state index contributed by atoms with van der Waals surface area (Å²) in [5, 5.41) is 0. The van der Waals surface area contributed by atoms with Crippen LogP contribution in [0.5, 0.6) is 0 Å². The van der Waals surface area contributed by atoms with Crippen molar-refractivity contribution >= 4 is 5.78 Å². The highest BCUT2D eigenvalue weighted by Gasteiger charge is 2.25. The molecule has 1 atom stereocenters. The molecule has 0 bridgehead atoms. The van der Waals surface area contributed by atoms with Crippen molar-refractivity contribution in [1.29, 1.82) is 0 Å². The molecule has 1 unspecified atom stereocenters. The van der Waals surface area contributed by atoms with E-state index < -0.39 is 0 Å². The molecule has 0 saturated heterocycles. The summed E-state index contributed by atoms with van der Waals surface area (Å²) in [6.45, 7) is 3.01. The molecule has 1 aliphatic carbocycles. The van der Waals surface area contributed by atoms with E-state index in [1.165, 1.54) is 17.5 Å². The minimum atomic E-state index is 0.142. The van der Waals surface area contributed by atoms with Gasteiger partial charge in [0.1, 0.15) is 5.78 Å². The largest absolute Gasteiger partial charge is 0.298 e. The van der Waals surface area contributed by atoms with Crippen LogP contribution in [0.3, 0.4) is 0 Å². The topological polar surface area (TPSA) is 20.3 Å². The normalized spacial score (nSPS) is 20.9. The number of Topliss-reactive ketones (excluding diaryl/α,β-unsaturated/α-hetero) is 1. The van der Waals surface area contributed by atoms with E-state index in [0.717, 1.165) is 25.8 Å². The molecule has 17 heavy (non-hydrogen) atoms. The lowest BCUT2D eigenvalue weighted by atomic mass is 9.92. The van der Waals surface area contributed by atoms with Gasteiger partial charge in [-0.15, -0.1) is 0 Å². The van der Waals surface area contributed by atoms with Crippen LogP contribution in [-0.2, 0) is 11.3 Å². The maximum Gasteiger partial charge on any atom is 0.149 e. The highest BCUT2D eigenvalue weighted by atomic mass is 16.1. The SMILES string of the molecule is Cc1ccccc1CN(C)C1CCCCC1=O. The van der Waals surface area contributed by atoms with E-state index in [9.17, 15) is 4.79 Å². The number of carbonyl (C=O) groups is 1. The maximum absolute atomic E-state index is 11.9. The average Bonchev–Trinajstić information content (AvgIpc) is 2.32. The van der Waals surface area contributed by atoms with Crippen LogP contribution >= 0.6 is 0 Å². The first-order valence-corrected chi connectivity index (χ1v) is 6.46. The first-order chi connectivity index (χ1) is 8.18. The van der Waals surface area contributed by atoms with Gasteiger partial charge in [-0.25, -0.2) is 0 Å². The van der Waals surface area contributed by atoms with Gasteiger partial charge in [0.2, 0.25) is 0 Å². The molecule has 0 radical (unpaired) electrons. The highest BCUT2D eigenvalue weighted by Crippen LogP contribution is 2.21. The Morgan fingerprint density at radius 3 is 2.76 bits per heavy atom. The van der Waals surface area contributed by atoms with Crippen molar-refractivity contribution < 1.29 is 4.79 Å². The number of nitrogens with zero attached hydrogens (tertiary/aromatic N) is 1. The Morgan fingerprint density at radius 2 is 2.06 bits per heavy atom. The Kier molecular flexibility index (Phi) is 3.95. The fraction of sp³-hybridized carbons (Fsp3) is 0.533. The van der Waals surface area contributed by atoms with Gasteiger partial charge in [0.05, 0.1) is 6.04 Å². The lowest BCUT2D eigenvalue weighted by molar-refractivity contribution is -0.125. The van der Waals surface area contributed by atoms with Crippen LogP contribution in [0.15, 0.2) is 24.3 Å². The molecule has 1 aromatic carbocycles. The second-order valence-corrected chi connectivity index (χ2v) is 5.07. The summed E-state index contributed by atoms with van der Waals surface area (Å²) in [4.78, 5) is 14.1. The minimum absolute atomic E-state index is 0.142. The van der Waals surface area contributed by atoms with Gasteiger partial charge in [-0.3, -0.25) is 9.69 Å². The van der Waals surface area contributed by atoms with Crippen molar-refractivity contribution in [2.24, 2.45) is 0 Å². The summed E-state index contributed by atoms with van der Waals surface area (Å²) in [6.07, 6.45) is 4.06. The van der Waals surface area contributed by atoms with Gasteiger partial charge in [0.15, 0.2) is 0 Å².